The third-order valence-corrected chi connectivity index (χ3v) is 6.17. The monoisotopic (exact) mass is 370 g/mol. The van der Waals surface area contributed by atoms with Crippen molar-refractivity contribution in [2.24, 2.45) is 16.7 Å². The zero-order chi connectivity index (χ0) is 20.2. The van der Waals surface area contributed by atoms with Gasteiger partial charge in [0.15, 0.2) is 5.41 Å². The Kier molecular flexibility index (Phi) is 11.8. The summed E-state index contributed by atoms with van der Waals surface area (Å²) >= 11 is 0. The van der Waals surface area contributed by atoms with E-state index in [0.29, 0.717) is 19.3 Å². The highest BCUT2D eigenvalue weighted by molar-refractivity contribution is 5.99. The second-order valence-electron chi connectivity index (χ2n) is 7.90. The normalized spacial score (nSPS) is 13.6. The average molecular weight is 371 g/mol. The molecule has 0 amide bonds. The minimum atomic E-state index is -1.68. The van der Waals surface area contributed by atoms with Gasteiger partial charge in [-0.05, 0) is 31.6 Å². The van der Waals surface area contributed by atoms with Gasteiger partial charge in [-0.1, -0.05) is 86.0 Å². The molecule has 1 atom stereocenters. The second kappa shape index (κ2) is 12.3. The molecule has 0 aromatic carbocycles. The van der Waals surface area contributed by atoms with Crippen LogP contribution in [0.15, 0.2) is 0 Å². The van der Waals surface area contributed by atoms with Crippen molar-refractivity contribution in [1.82, 2.24) is 0 Å². The Balaban J connectivity index is 6.45. The largest absolute Gasteiger partial charge is 0.480 e. The molecule has 0 aliphatic rings. The Bertz CT molecular complexity index is 396. The van der Waals surface area contributed by atoms with E-state index in [-0.39, 0.29) is 12.3 Å². The van der Waals surface area contributed by atoms with Crippen molar-refractivity contribution in [1.29, 1.82) is 0 Å². The first kappa shape index (κ1) is 24.9. The van der Waals surface area contributed by atoms with E-state index in [1.54, 1.807) is 0 Å². The van der Waals surface area contributed by atoms with E-state index < -0.39 is 22.8 Å². The van der Waals surface area contributed by atoms with Crippen molar-refractivity contribution in [3.05, 3.63) is 0 Å². The lowest BCUT2D eigenvalue weighted by Crippen LogP contribution is -2.56. The summed E-state index contributed by atoms with van der Waals surface area (Å²) in [5.74, 6) is -2.12. The Hall–Kier alpha value is -1.06. The number of hydrogen-bond donors (Lipinski definition) is 2. The summed E-state index contributed by atoms with van der Waals surface area (Å²) in [6.07, 6.45) is 9.88. The molecule has 4 heteroatoms. The number of aliphatic carboxylic acids is 2. The Morgan fingerprint density at radius 1 is 0.692 bits per heavy atom. The molecule has 154 valence electrons. The molecule has 0 aromatic rings. The lowest BCUT2D eigenvalue weighted by molar-refractivity contribution is -0.185. The predicted octanol–water partition coefficient (Wildman–Crippen LogP) is 6.53. The van der Waals surface area contributed by atoms with E-state index in [1.807, 2.05) is 6.92 Å². The van der Waals surface area contributed by atoms with Gasteiger partial charge in [0.25, 0.3) is 0 Å². The first-order valence-electron chi connectivity index (χ1n) is 10.8. The van der Waals surface area contributed by atoms with Gasteiger partial charge in [0.1, 0.15) is 0 Å². The minimum Gasteiger partial charge on any atom is -0.480 e. The van der Waals surface area contributed by atoms with Crippen LogP contribution in [0.25, 0.3) is 0 Å². The number of rotatable bonds is 16. The van der Waals surface area contributed by atoms with E-state index in [1.165, 1.54) is 0 Å². The number of carboxylic acids is 2. The fourth-order valence-corrected chi connectivity index (χ4v) is 5.24. The Morgan fingerprint density at radius 2 is 1.19 bits per heavy atom. The smallest absolute Gasteiger partial charge is 0.321 e. The number of unbranched alkanes of at least 4 members (excludes halogenated alkanes) is 2. The zero-order valence-corrected chi connectivity index (χ0v) is 17.8. The predicted molar refractivity (Wildman–Crippen MR) is 107 cm³/mol. The van der Waals surface area contributed by atoms with Crippen molar-refractivity contribution in [2.75, 3.05) is 0 Å². The number of hydrogen-bond acceptors (Lipinski definition) is 2. The maximum atomic E-state index is 12.5. The molecule has 4 nitrogen and oxygen atoms in total. The highest BCUT2D eigenvalue weighted by atomic mass is 16.4. The lowest BCUT2D eigenvalue weighted by atomic mass is 9.50. The lowest BCUT2D eigenvalue weighted by Gasteiger charge is -2.51. The zero-order valence-electron chi connectivity index (χ0n) is 17.8. The second-order valence-corrected chi connectivity index (χ2v) is 7.90. The van der Waals surface area contributed by atoms with Gasteiger partial charge < -0.3 is 10.2 Å². The molecule has 0 saturated heterocycles. The summed E-state index contributed by atoms with van der Waals surface area (Å²) in [4.78, 5) is 25.0. The number of carboxylic acid groups (broad SMARTS) is 2. The molecule has 2 N–H and O–H groups in total. The van der Waals surface area contributed by atoms with E-state index in [2.05, 4.69) is 27.7 Å². The summed E-state index contributed by atoms with van der Waals surface area (Å²) in [6, 6.07) is 0. The van der Waals surface area contributed by atoms with Gasteiger partial charge in [0, 0.05) is 5.41 Å². The molecule has 0 saturated carbocycles. The van der Waals surface area contributed by atoms with Crippen LogP contribution >= 0.6 is 0 Å². The first-order valence-corrected chi connectivity index (χ1v) is 10.8. The standard InChI is InChI=1S/C22H42O4/c1-6-11-12-14-18(13-7-2)21(15-8-3,16-9-4)22(17-10-5,19(23)24)20(25)26/h18H,6-17H2,1-5H3,(H,23,24)(H,25,26). The molecule has 1 unspecified atom stereocenters. The summed E-state index contributed by atoms with van der Waals surface area (Å²) < 4.78 is 0. The molecule has 0 spiro atoms. The highest BCUT2D eigenvalue weighted by Crippen LogP contribution is 2.57. The topological polar surface area (TPSA) is 74.6 Å². The van der Waals surface area contributed by atoms with Gasteiger partial charge in [-0.3, -0.25) is 9.59 Å². The van der Waals surface area contributed by atoms with Gasteiger partial charge >= 0.3 is 11.9 Å². The van der Waals surface area contributed by atoms with Crippen LogP contribution in [-0.4, -0.2) is 22.2 Å². The number of carbonyl (C=O) groups is 2. The summed E-state index contributed by atoms with van der Waals surface area (Å²) in [5.41, 5.74) is -2.35. The van der Waals surface area contributed by atoms with Gasteiger partial charge in [-0.25, -0.2) is 0 Å². The minimum absolute atomic E-state index is 0.151. The fraction of sp³-hybridized carbons (Fsp3) is 0.909. The van der Waals surface area contributed by atoms with Gasteiger partial charge in [-0.15, -0.1) is 0 Å². The molecule has 0 radical (unpaired) electrons. The first-order chi connectivity index (χ1) is 12.3. The van der Waals surface area contributed by atoms with E-state index >= 15 is 0 Å². The van der Waals surface area contributed by atoms with Gasteiger partial charge in [-0.2, -0.15) is 0 Å². The van der Waals surface area contributed by atoms with Crippen LogP contribution in [0.5, 0.6) is 0 Å². The maximum Gasteiger partial charge on any atom is 0.321 e. The van der Waals surface area contributed by atoms with E-state index in [0.717, 1.165) is 51.4 Å². The van der Waals surface area contributed by atoms with Crippen molar-refractivity contribution in [3.8, 4) is 0 Å². The van der Waals surface area contributed by atoms with Crippen LogP contribution in [0.1, 0.15) is 112 Å². The molecular weight excluding hydrogens is 328 g/mol. The molecular formula is C22H42O4. The fourth-order valence-electron chi connectivity index (χ4n) is 5.24. The molecule has 0 fully saturated rings. The molecule has 0 aliphatic heterocycles. The quantitative estimate of drug-likeness (QED) is 0.239. The Labute approximate surface area is 160 Å². The van der Waals surface area contributed by atoms with Crippen molar-refractivity contribution >= 4 is 11.9 Å². The average Bonchev–Trinajstić information content (AvgIpc) is 2.58. The third kappa shape index (κ3) is 5.23. The van der Waals surface area contributed by atoms with E-state index in [4.69, 9.17) is 0 Å². The molecule has 0 bridgehead atoms. The van der Waals surface area contributed by atoms with Crippen LogP contribution in [0.3, 0.4) is 0 Å². The Morgan fingerprint density at radius 3 is 1.54 bits per heavy atom. The van der Waals surface area contributed by atoms with Crippen LogP contribution in [0.4, 0.5) is 0 Å². The van der Waals surface area contributed by atoms with Crippen LogP contribution in [0, 0.1) is 16.7 Å². The summed E-state index contributed by atoms with van der Waals surface area (Å²) in [5, 5.41) is 20.4. The molecule has 0 aliphatic carbocycles. The maximum absolute atomic E-state index is 12.5. The molecule has 0 rings (SSSR count). The SMILES string of the molecule is CCCCCC(CCC)C(CCC)(CCC)C(CCC)(C(=O)O)C(=O)O. The van der Waals surface area contributed by atoms with Crippen molar-refractivity contribution in [3.63, 3.8) is 0 Å². The van der Waals surface area contributed by atoms with Crippen molar-refractivity contribution in [2.45, 2.75) is 112 Å². The van der Waals surface area contributed by atoms with Crippen molar-refractivity contribution < 1.29 is 19.8 Å². The van der Waals surface area contributed by atoms with Crippen LogP contribution < -0.4 is 0 Å². The highest BCUT2D eigenvalue weighted by Gasteiger charge is 2.62. The van der Waals surface area contributed by atoms with Crippen LogP contribution in [0.2, 0.25) is 0 Å². The molecule has 0 aromatic heterocycles. The van der Waals surface area contributed by atoms with Crippen LogP contribution in [-0.2, 0) is 9.59 Å². The summed E-state index contributed by atoms with van der Waals surface area (Å²) in [7, 11) is 0. The molecule has 0 heterocycles. The van der Waals surface area contributed by atoms with Gasteiger partial charge in [0.05, 0.1) is 0 Å². The van der Waals surface area contributed by atoms with Gasteiger partial charge in [0.2, 0.25) is 0 Å². The van der Waals surface area contributed by atoms with E-state index in [9.17, 15) is 19.8 Å². The molecule has 26 heavy (non-hydrogen) atoms. The summed E-state index contributed by atoms with van der Waals surface area (Å²) in [6.45, 7) is 10.3. The third-order valence-electron chi connectivity index (χ3n) is 6.17.